The van der Waals surface area contributed by atoms with Crippen molar-refractivity contribution >= 4 is 18.0 Å². The van der Waals surface area contributed by atoms with E-state index < -0.39 is 5.97 Å². The fraction of sp³-hybridized carbons (Fsp3) is 0.824. The highest BCUT2D eigenvalue weighted by Crippen LogP contribution is 2.22. The maximum Gasteiger partial charge on any atom is 0.407 e. The first-order valence-electron chi connectivity index (χ1n) is 8.71. The highest BCUT2D eigenvalue weighted by molar-refractivity contribution is 5.68. The van der Waals surface area contributed by atoms with Crippen LogP contribution in [-0.2, 0) is 19.1 Å². The number of unbranched alkanes of at least 4 members (excludes halogenated alkanes) is 1. The summed E-state index contributed by atoms with van der Waals surface area (Å²) in [5.41, 5.74) is 0. The molecule has 1 fully saturated rings. The number of carboxylic acids is 1. The van der Waals surface area contributed by atoms with Crippen LogP contribution >= 0.6 is 0 Å². The Kier molecular flexibility index (Phi) is 13.7. The van der Waals surface area contributed by atoms with E-state index in [-0.39, 0.29) is 12.1 Å². The first-order chi connectivity index (χ1) is 11.5. The molecule has 7 nitrogen and oxygen atoms in total. The Morgan fingerprint density at radius 2 is 1.58 bits per heavy atom. The number of hydrogen-bond acceptors (Lipinski definition) is 5. The van der Waals surface area contributed by atoms with Gasteiger partial charge in [0.15, 0.2) is 0 Å². The molecule has 1 amide bonds. The molecule has 0 heterocycles. The number of amides is 1. The van der Waals surface area contributed by atoms with Gasteiger partial charge in [0.1, 0.15) is 0 Å². The van der Waals surface area contributed by atoms with Gasteiger partial charge in [-0.3, -0.25) is 9.59 Å². The van der Waals surface area contributed by atoms with Crippen LogP contribution < -0.4 is 5.32 Å². The van der Waals surface area contributed by atoms with Crippen molar-refractivity contribution in [1.82, 2.24) is 5.32 Å². The predicted octanol–water partition coefficient (Wildman–Crippen LogP) is 3.12. The van der Waals surface area contributed by atoms with Crippen molar-refractivity contribution in [3.63, 3.8) is 0 Å². The Labute approximate surface area is 144 Å². The minimum Gasteiger partial charge on any atom is -0.481 e. The average molecular weight is 345 g/mol. The molecule has 1 saturated carbocycles. The Bertz CT molecular complexity index is 362. The Balaban J connectivity index is 0.00000118. The Morgan fingerprint density at radius 3 is 2.12 bits per heavy atom. The second-order valence-corrected chi connectivity index (χ2v) is 5.82. The second-order valence-electron chi connectivity index (χ2n) is 5.82. The summed E-state index contributed by atoms with van der Waals surface area (Å²) in [5, 5.41) is 10.2. The molecule has 24 heavy (non-hydrogen) atoms. The molecule has 140 valence electrons. The van der Waals surface area contributed by atoms with E-state index in [2.05, 4.69) is 5.32 Å². The number of ether oxygens (including phenoxy) is 2. The number of hydrogen-bond donors (Lipinski definition) is 2. The SMILES string of the molecule is CC(=O)O.CCC(=O)OCCCCOC(=O)NCC1CCCCC1. The Hall–Kier alpha value is -1.79. The number of carbonyl (C=O) groups is 3. The van der Waals surface area contributed by atoms with Crippen LogP contribution in [0.15, 0.2) is 0 Å². The lowest BCUT2D eigenvalue weighted by Gasteiger charge is -2.21. The normalized spacial score (nSPS) is 14.1. The number of carbonyl (C=O) groups excluding carboxylic acids is 2. The lowest BCUT2D eigenvalue weighted by atomic mass is 9.89. The summed E-state index contributed by atoms with van der Waals surface area (Å²) in [6.07, 6.45) is 7.81. The summed E-state index contributed by atoms with van der Waals surface area (Å²) in [6.45, 7) is 4.36. The van der Waals surface area contributed by atoms with E-state index in [9.17, 15) is 9.59 Å². The maximum absolute atomic E-state index is 11.5. The number of aliphatic carboxylic acids is 1. The molecule has 0 spiro atoms. The molecule has 0 atom stereocenters. The molecule has 1 aliphatic carbocycles. The predicted molar refractivity (Wildman–Crippen MR) is 89.7 cm³/mol. The molecule has 0 aromatic heterocycles. The number of carboxylic acid groups (broad SMARTS) is 1. The van der Waals surface area contributed by atoms with Gasteiger partial charge in [0.05, 0.1) is 13.2 Å². The number of rotatable bonds is 8. The summed E-state index contributed by atoms with van der Waals surface area (Å²) in [4.78, 5) is 31.3. The fourth-order valence-electron chi connectivity index (χ4n) is 2.33. The summed E-state index contributed by atoms with van der Waals surface area (Å²) < 4.78 is 10.0. The molecule has 0 aromatic rings. The van der Waals surface area contributed by atoms with Gasteiger partial charge < -0.3 is 19.9 Å². The van der Waals surface area contributed by atoms with Gasteiger partial charge in [-0.2, -0.15) is 0 Å². The maximum atomic E-state index is 11.5. The van der Waals surface area contributed by atoms with Crippen LogP contribution in [-0.4, -0.2) is 42.9 Å². The van der Waals surface area contributed by atoms with E-state index in [0.717, 1.165) is 19.9 Å². The van der Waals surface area contributed by atoms with Gasteiger partial charge in [-0.25, -0.2) is 4.79 Å². The molecule has 1 rings (SSSR count). The van der Waals surface area contributed by atoms with Crippen molar-refractivity contribution < 1.29 is 29.0 Å². The largest absolute Gasteiger partial charge is 0.481 e. The lowest BCUT2D eigenvalue weighted by molar-refractivity contribution is -0.143. The Morgan fingerprint density at radius 1 is 1.04 bits per heavy atom. The first-order valence-corrected chi connectivity index (χ1v) is 8.71. The molecular weight excluding hydrogens is 314 g/mol. The van der Waals surface area contributed by atoms with Gasteiger partial charge in [0, 0.05) is 19.9 Å². The quantitative estimate of drug-likeness (QED) is 0.518. The van der Waals surface area contributed by atoms with Crippen molar-refractivity contribution in [2.45, 2.75) is 65.2 Å². The molecule has 0 bridgehead atoms. The first kappa shape index (κ1) is 22.2. The van der Waals surface area contributed by atoms with E-state index in [1.807, 2.05) is 0 Å². The van der Waals surface area contributed by atoms with Crippen LogP contribution in [0.1, 0.15) is 65.2 Å². The zero-order valence-electron chi connectivity index (χ0n) is 14.8. The number of esters is 1. The zero-order valence-corrected chi connectivity index (χ0v) is 14.8. The lowest BCUT2D eigenvalue weighted by Crippen LogP contribution is -2.31. The topological polar surface area (TPSA) is 102 Å². The molecule has 0 aromatic carbocycles. The number of alkyl carbamates (subject to hydrolysis) is 1. The summed E-state index contributed by atoms with van der Waals surface area (Å²) in [7, 11) is 0. The van der Waals surface area contributed by atoms with E-state index in [1.54, 1.807) is 6.92 Å². The third kappa shape index (κ3) is 15.1. The van der Waals surface area contributed by atoms with Crippen molar-refractivity contribution in [2.75, 3.05) is 19.8 Å². The van der Waals surface area contributed by atoms with Gasteiger partial charge in [-0.05, 0) is 31.6 Å². The third-order valence-electron chi connectivity index (χ3n) is 3.58. The van der Waals surface area contributed by atoms with E-state index in [4.69, 9.17) is 19.4 Å². The smallest absolute Gasteiger partial charge is 0.407 e. The molecular formula is C17H31NO6. The highest BCUT2D eigenvalue weighted by Gasteiger charge is 2.14. The molecule has 0 saturated heterocycles. The van der Waals surface area contributed by atoms with Gasteiger partial charge in [0.25, 0.3) is 5.97 Å². The van der Waals surface area contributed by atoms with Crippen LogP contribution in [0, 0.1) is 5.92 Å². The van der Waals surface area contributed by atoms with Crippen LogP contribution in [0.4, 0.5) is 4.79 Å². The third-order valence-corrected chi connectivity index (χ3v) is 3.58. The summed E-state index contributed by atoms with van der Waals surface area (Å²) >= 11 is 0. The van der Waals surface area contributed by atoms with Gasteiger partial charge >= 0.3 is 12.1 Å². The van der Waals surface area contributed by atoms with E-state index >= 15 is 0 Å². The monoisotopic (exact) mass is 345 g/mol. The number of nitrogens with one attached hydrogen (secondary N) is 1. The molecule has 0 unspecified atom stereocenters. The van der Waals surface area contributed by atoms with Crippen molar-refractivity contribution in [3.05, 3.63) is 0 Å². The minimum absolute atomic E-state index is 0.184. The fourth-order valence-corrected chi connectivity index (χ4v) is 2.33. The van der Waals surface area contributed by atoms with Crippen molar-refractivity contribution in [1.29, 1.82) is 0 Å². The van der Waals surface area contributed by atoms with E-state index in [1.165, 1.54) is 32.1 Å². The summed E-state index contributed by atoms with van der Waals surface area (Å²) in [5.74, 6) is -0.402. The van der Waals surface area contributed by atoms with Crippen LogP contribution in [0.5, 0.6) is 0 Å². The minimum atomic E-state index is -0.833. The van der Waals surface area contributed by atoms with Crippen molar-refractivity contribution in [2.24, 2.45) is 5.92 Å². The van der Waals surface area contributed by atoms with Crippen LogP contribution in [0.25, 0.3) is 0 Å². The standard InChI is InChI=1S/C15H27NO4.C2H4O2/c1-2-14(17)19-10-6-7-11-20-15(18)16-12-13-8-4-3-5-9-13;1-2(3)4/h13H,2-12H2,1H3,(H,16,18);1H3,(H,3,4). The van der Waals surface area contributed by atoms with Gasteiger partial charge in [-0.1, -0.05) is 26.2 Å². The van der Waals surface area contributed by atoms with Crippen molar-refractivity contribution in [3.8, 4) is 0 Å². The zero-order chi connectivity index (χ0) is 18.2. The molecule has 1 aliphatic rings. The van der Waals surface area contributed by atoms with Gasteiger partial charge in [-0.15, -0.1) is 0 Å². The molecule has 0 aliphatic heterocycles. The molecule has 2 N–H and O–H groups in total. The van der Waals surface area contributed by atoms with Gasteiger partial charge in [0.2, 0.25) is 0 Å². The highest BCUT2D eigenvalue weighted by atomic mass is 16.5. The second kappa shape index (κ2) is 14.8. The average Bonchev–Trinajstić information content (AvgIpc) is 2.56. The van der Waals surface area contributed by atoms with E-state index in [0.29, 0.717) is 32.0 Å². The summed E-state index contributed by atoms with van der Waals surface area (Å²) in [6, 6.07) is 0. The molecule has 0 radical (unpaired) electrons. The molecule has 7 heteroatoms. The van der Waals surface area contributed by atoms with Crippen LogP contribution in [0.2, 0.25) is 0 Å². The van der Waals surface area contributed by atoms with Crippen LogP contribution in [0.3, 0.4) is 0 Å².